The Labute approximate surface area is 160 Å². The number of carbonyl (C=O) groups excluding carboxylic acids is 2. The van der Waals surface area contributed by atoms with Crippen molar-refractivity contribution in [3.63, 3.8) is 0 Å². The van der Waals surface area contributed by atoms with E-state index in [1.165, 1.54) is 18.2 Å². The van der Waals surface area contributed by atoms with E-state index in [4.69, 9.17) is 23.8 Å². The van der Waals surface area contributed by atoms with Crippen LogP contribution in [-0.4, -0.2) is 23.5 Å². The van der Waals surface area contributed by atoms with E-state index in [0.717, 1.165) is 5.56 Å². The SMILES string of the molecule is O=C(CNC(=O)c1cccc(Cl)c1)NNC(=S)NCc1ccc(F)cc1. The molecule has 0 aliphatic carbocycles. The second kappa shape index (κ2) is 9.69. The van der Waals surface area contributed by atoms with Gasteiger partial charge in [-0.15, -0.1) is 0 Å². The average Bonchev–Trinajstić information content (AvgIpc) is 2.64. The fraction of sp³-hybridized carbons (Fsp3) is 0.118. The zero-order valence-corrected chi connectivity index (χ0v) is 15.1. The van der Waals surface area contributed by atoms with Crippen molar-refractivity contribution in [2.24, 2.45) is 0 Å². The van der Waals surface area contributed by atoms with Crippen LogP contribution in [-0.2, 0) is 11.3 Å². The van der Waals surface area contributed by atoms with Crippen molar-refractivity contribution in [3.05, 3.63) is 70.5 Å². The summed E-state index contributed by atoms with van der Waals surface area (Å²) in [4.78, 5) is 23.6. The molecule has 2 aromatic carbocycles. The van der Waals surface area contributed by atoms with Crippen LogP contribution >= 0.6 is 23.8 Å². The van der Waals surface area contributed by atoms with Crippen LogP contribution in [0.3, 0.4) is 0 Å². The fourth-order valence-corrected chi connectivity index (χ4v) is 2.21. The third kappa shape index (κ3) is 6.66. The van der Waals surface area contributed by atoms with Crippen LogP contribution in [0.15, 0.2) is 48.5 Å². The van der Waals surface area contributed by atoms with Crippen LogP contribution in [0.4, 0.5) is 4.39 Å². The third-order valence-electron chi connectivity index (χ3n) is 3.18. The van der Waals surface area contributed by atoms with E-state index in [0.29, 0.717) is 17.1 Å². The largest absolute Gasteiger partial charge is 0.357 e. The number of benzene rings is 2. The molecule has 0 bridgehead atoms. The minimum atomic E-state index is -0.480. The summed E-state index contributed by atoms with van der Waals surface area (Å²) in [7, 11) is 0. The Bertz CT molecular complexity index is 802. The maximum atomic E-state index is 12.8. The van der Waals surface area contributed by atoms with Crippen LogP contribution in [0.1, 0.15) is 15.9 Å². The molecule has 4 N–H and O–H groups in total. The summed E-state index contributed by atoms with van der Waals surface area (Å²) in [5, 5.41) is 5.93. The van der Waals surface area contributed by atoms with Gasteiger partial charge in [0.15, 0.2) is 5.11 Å². The van der Waals surface area contributed by atoms with Gasteiger partial charge in [-0.2, -0.15) is 0 Å². The molecule has 0 aliphatic rings. The standard InChI is InChI=1S/C17H16ClFN4O2S/c18-13-3-1-2-12(8-13)16(25)20-10-15(24)22-23-17(26)21-9-11-4-6-14(19)7-5-11/h1-8H,9-10H2,(H,20,25)(H,22,24)(H2,21,23,26). The van der Waals surface area contributed by atoms with Gasteiger partial charge in [0.25, 0.3) is 11.8 Å². The van der Waals surface area contributed by atoms with Gasteiger partial charge in [0.2, 0.25) is 0 Å². The molecule has 26 heavy (non-hydrogen) atoms. The first kappa shape index (κ1) is 19.6. The minimum Gasteiger partial charge on any atom is -0.357 e. The number of hydrogen-bond donors (Lipinski definition) is 4. The zero-order chi connectivity index (χ0) is 18.9. The van der Waals surface area contributed by atoms with Crippen LogP contribution < -0.4 is 21.5 Å². The van der Waals surface area contributed by atoms with Gasteiger partial charge in [-0.05, 0) is 48.1 Å². The van der Waals surface area contributed by atoms with Crippen molar-refractivity contribution in [1.29, 1.82) is 0 Å². The van der Waals surface area contributed by atoms with Gasteiger partial charge in [-0.1, -0.05) is 29.8 Å². The van der Waals surface area contributed by atoms with Crippen LogP contribution in [0.2, 0.25) is 5.02 Å². The summed E-state index contributed by atoms with van der Waals surface area (Å²) < 4.78 is 12.8. The molecule has 0 saturated carbocycles. The molecule has 0 saturated heterocycles. The molecule has 0 heterocycles. The Morgan fingerprint density at radius 1 is 1.04 bits per heavy atom. The molecule has 2 aromatic rings. The fourth-order valence-electron chi connectivity index (χ4n) is 1.89. The van der Waals surface area contributed by atoms with E-state index in [1.807, 2.05) is 0 Å². The highest BCUT2D eigenvalue weighted by Gasteiger charge is 2.08. The maximum absolute atomic E-state index is 12.8. The summed E-state index contributed by atoms with van der Waals surface area (Å²) in [6, 6.07) is 12.3. The molecule has 0 aromatic heterocycles. The van der Waals surface area contributed by atoms with Gasteiger partial charge in [-0.25, -0.2) is 4.39 Å². The van der Waals surface area contributed by atoms with E-state index in [2.05, 4.69) is 21.5 Å². The smallest absolute Gasteiger partial charge is 0.257 e. The predicted molar refractivity (Wildman–Crippen MR) is 101 cm³/mol. The van der Waals surface area contributed by atoms with Crippen LogP contribution in [0.25, 0.3) is 0 Å². The second-order valence-corrected chi connectivity index (χ2v) is 6.02. The number of rotatable bonds is 5. The molecule has 6 nitrogen and oxygen atoms in total. The van der Waals surface area contributed by atoms with Gasteiger partial charge in [0, 0.05) is 17.1 Å². The zero-order valence-electron chi connectivity index (χ0n) is 13.5. The Balaban J connectivity index is 1.67. The number of amides is 2. The first-order chi connectivity index (χ1) is 12.4. The van der Waals surface area contributed by atoms with Gasteiger partial charge < -0.3 is 10.6 Å². The molecule has 0 fully saturated rings. The predicted octanol–water partition coefficient (Wildman–Crippen LogP) is 1.90. The lowest BCUT2D eigenvalue weighted by molar-refractivity contribution is -0.120. The summed E-state index contributed by atoms with van der Waals surface area (Å²) in [6.45, 7) is 0.131. The Morgan fingerprint density at radius 2 is 1.77 bits per heavy atom. The molecular weight excluding hydrogens is 379 g/mol. The highest BCUT2D eigenvalue weighted by Crippen LogP contribution is 2.10. The maximum Gasteiger partial charge on any atom is 0.257 e. The van der Waals surface area contributed by atoms with Crippen LogP contribution in [0.5, 0.6) is 0 Å². The van der Waals surface area contributed by atoms with Crippen molar-refractivity contribution >= 4 is 40.7 Å². The third-order valence-corrected chi connectivity index (χ3v) is 3.66. The van der Waals surface area contributed by atoms with Gasteiger partial charge >= 0.3 is 0 Å². The topological polar surface area (TPSA) is 82.3 Å². The molecule has 0 spiro atoms. The lowest BCUT2D eigenvalue weighted by atomic mass is 10.2. The summed E-state index contributed by atoms with van der Waals surface area (Å²) in [5.74, 6) is -1.22. The second-order valence-electron chi connectivity index (χ2n) is 5.18. The Kier molecular flexibility index (Phi) is 7.31. The number of thiocarbonyl (C=S) groups is 1. The van der Waals surface area contributed by atoms with Crippen molar-refractivity contribution in [1.82, 2.24) is 21.5 Å². The highest BCUT2D eigenvalue weighted by atomic mass is 35.5. The highest BCUT2D eigenvalue weighted by molar-refractivity contribution is 7.80. The van der Waals surface area contributed by atoms with Crippen molar-refractivity contribution in [2.75, 3.05) is 6.54 Å². The van der Waals surface area contributed by atoms with Gasteiger partial charge in [0.05, 0.1) is 6.54 Å². The molecule has 0 unspecified atom stereocenters. The van der Waals surface area contributed by atoms with Gasteiger partial charge in [-0.3, -0.25) is 20.4 Å². The van der Waals surface area contributed by atoms with Crippen molar-refractivity contribution in [2.45, 2.75) is 6.54 Å². The van der Waals surface area contributed by atoms with Gasteiger partial charge in [0.1, 0.15) is 5.82 Å². The molecular formula is C17H16ClFN4O2S. The molecule has 9 heteroatoms. The van der Waals surface area contributed by atoms with E-state index in [1.54, 1.807) is 30.3 Å². The Hall–Kier alpha value is -2.71. The molecule has 0 aliphatic heterocycles. The number of halogens is 2. The van der Waals surface area contributed by atoms with Crippen LogP contribution in [0, 0.1) is 5.82 Å². The average molecular weight is 395 g/mol. The first-order valence-electron chi connectivity index (χ1n) is 7.55. The lowest BCUT2D eigenvalue weighted by Crippen LogP contribution is -2.49. The number of hydrazine groups is 1. The molecule has 2 amide bonds. The molecule has 2 rings (SSSR count). The van der Waals surface area contributed by atoms with Crippen molar-refractivity contribution < 1.29 is 14.0 Å². The number of nitrogens with one attached hydrogen (secondary N) is 4. The normalized spacial score (nSPS) is 9.92. The summed E-state index contributed by atoms with van der Waals surface area (Å²) >= 11 is 10.8. The monoisotopic (exact) mass is 394 g/mol. The van der Waals surface area contributed by atoms with E-state index in [-0.39, 0.29) is 17.5 Å². The summed E-state index contributed by atoms with van der Waals surface area (Å²) in [5.41, 5.74) is 6.05. The Morgan fingerprint density at radius 3 is 2.46 bits per heavy atom. The molecule has 136 valence electrons. The number of hydrogen-bond acceptors (Lipinski definition) is 3. The quantitative estimate of drug-likeness (QED) is 0.460. The van der Waals surface area contributed by atoms with E-state index >= 15 is 0 Å². The number of carbonyl (C=O) groups is 2. The lowest BCUT2D eigenvalue weighted by Gasteiger charge is -2.12. The molecule has 0 radical (unpaired) electrons. The van der Waals surface area contributed by atoms with Crippen molar-refractivity contribution in [3.8, 4) is 0 Å². The minimum absolute atomic E-state index is 0.184. The van der Waals surface area contributed by atoms with E-state index in [9.17, 15) is 14.0 Å². The summed E-state index contributed by atoms with van der Waals surface area (Å²) in [6.07, 6.45) is 0. The van der Waals surface area contributed by atoms with E-state index < -0.39 is 11.8 Å². The first-order valence-corrected chi connectivity index (χ1v) is 8.33. The molecule has 0 atom stereocenters.